The number of para-hydroxylation sites is 2. The van der Waals surface area contributed by atoms with Crippen LogP contribution in [0, 0.1) is 5.92 Å². The number of phenols is 1. The van der Waals surface area contributed by atoms with E-state index in [2.05, 4.69) is 258 Å². The number of alkyl halides is 1. The first-order chi connectivity index (χ1) is 64.5. The maximum Gasteiger partial charge on any atom is 1.00 e. The summed E-state index contributed by atoms with van der Waals surface area (Å²) in [4.78, 5) is 80.7. The van der Waals surface area contributed by atoms with Crippen molar-refractivity contribution in [1.82, 2.24) is 23.2 Å². The number of esters is 4. The summed E-state index contributed by atoms with van der Waals surface area (Å²) in [7, 11) is 3.49. The van der Waals surface area contributed by atoms with Gasteiger partial charge >= 0.3 is 194 Å². The summed E-state index contributed by atoms with van der Waals surface area (Å²) in [5.41, 5.74) is 17.6. The number of carboxylic acid groups (broad SMARTS) is 1. The Morgan fingerprint density at radius 2 is 0.972 bits per heavy atom. The van der Waals surface area contributed by atoms with Crippen LogP contribution in [0.5, 0.6) is 11.5 Å². The minimum absolute atomic E-state index is 0. The number of halogens is 8. The van der Waals surface area contributed by atoms with Crippen LogP contribution < -0.4 is 172 Å². The first-order valence-corrected chi connectivity index (χ1v) is 48.9. The van der Waals surface area contributed by atoms with Crippen LogP contribution in [0.3, 0.4) is 0 Å². The Bertz CT molecular complexity index is 5890. The first kappa shape index (κ1) is 148. The number of morpholine rings is 1. The zero-order chi connectivity index (χ0) is 102. The monoisotopic (exact) mass is 2470 g/mol. The van der Waals surface area contributed by atoms with E-state index >= 15 is 0 Å². The maximum absolute atomic E-state index is 11.8. The van der Waals surface area contributed by atoms with Crippen LogP contribution in [0.15, 0.2) is 211 Å². The number of benzene rings is 8. The molecule has 4 aromatic heterocycles. The number of fused-ring (bicyclic) bond motifs is 5. The molecule has 42 heteroatoms. The molecule has 14 rings (SSSR count). The third-order valence-electron chi connectivity index (χ3n) is 19.5. The molecule has 0 bridgehead atoms. The molecule has 1 saturated heterocycles. The van der Waals surface area contributed by atoms with Gasteiger partial charge < -0.3 is 106 Å². The third-order valence-corrected chi connectivity index (χ3v) is 22.9. The van der Waals surface area contributed by atoms with Gasteiger partial charge in [0.1, 0.15) is 18.1 Å². The van der Waals surface area contributed by atoms with Crippen LogP contribution >= 0.6 is 120 Å². The first-order valence-electron chi connectivity index (χ1n) is 43.6. The van der Waals surface area contributed by atoms with Crippen molar-refractivity contribution in [2.45, 2.75) is 172 Å². The number of aliphatic hydroxyl groups excluding tert-OH is 1. The predicted molar refractivity (Wildman–Crippen MR) is 582 cm³/mol. The minimum atomic E-state index is -1.40. The van der Waals surface area contributed by atoms with Gasteiger partial charge in [-0.2, -0.15) is 0 Å². The molecular formula is C102H131B2Br6Cl2K2LiN6NaO22. The molecule has 0 spiro atoms. The fourth-order valence-corrected chi connectivity index (χ4v) is 16.1. The second-order valence-electron chi connectivity index (χ2n) is 32.0. The predicted octanol–water partition coefficient (Wildman–Crippen LogP) is 10.7. The summed E-state index contributed by atoms with van der Waals surface area (Å²) in [6.45, 7) is 34.5. The topological polar surface area (TPSA) is 397 Å². The van der Waals surface area contributed by atoms with Crippen LogP contribution in [0.25, 0.3) is 49.7 Å². The molecule has 28 nitrogen and oxygen atoms in total. The summed E-state index contributed by atoms with van der Waals surface area (Å²) < 4.78 is 48.2. The Kier molecular flexibility index (Phi) is 81.9. The summed E-state index contributed by atoms with van der Waals surface area (Å²) in [5.74, 6) is -0.866. The number of phenolic OH excluding ortho intramolecular Hbond substituents is 1. The van der Waals surface area contributed by atoms with E-state index in [-0.39, 0.29) is 243 Å². The molecule has 1 fully saturated rings. The van der Waals surface area contributed by atoms with Gasteiger partial charge in [0.15, 0.2) is 0 Å². The van der Waals surface area contributed by atoms with Crippen LogP contribution in [0.1, 0.15) is 201 Å². The SMILES string of the molecule is C.CC(C)Br.CC(C)COC(=O)Cl.CC(C)n1ccc2c(Br)cc(C(=O)O)cc21.CC(C)n1ccc2c(Br)cc(CO)cc21.CCOC(=O)Cc1ccccc1O.CCOC(=O)Cc1ccccc1OCc1cc(Br)c2ccn(C(C)C)c2c1.CN1CCOCC1.COC(=O)c1cc(Br)c2c(c1)CC=C2.COC(=O)c1cc(Br)c2ccn(C(C)C)c2c1.Cl.NCc1cccc(B(O)O)c1.O=CO[O-].[B].[H-].[H-].[K+].[K+].[Li+].[Na+].[OH-]. The number of likely N-dealkylation sites (N-methyl/N-ethyl adjacent to an activating group) is 1. The summed E-state index contributed by atoms with van der Waals surface area (Å²) in [5, 5.41) is 58.0. The van der Waals surface area contributed by atoms with E-state index in [0.29, 0.717) is 101 Å². The number of carboxylic acids is 1. The van der Waals surface area contributed by atoms with Crippen molar-refractivity contribution in [1.29, 1.82) is 0 Å². The minimum Gasteiger partial charge on any atom is -1.00 e. The maximum atomic E-state index is 11.8. The van der Waals surface area contributed by atoms with Crippen molar-refractivity contribution >= 4 is 232 Å². The van der Waals surface area contributed by atoms with E-state index in [1.54, 1.807) is 80.6 Å². The van der Waals surface area contributed by atoms with Gasteiger partial charge in [0.2, 0.25) is 0 Å². The Hall–Kier alpha value is -4.31. The van der Waals surface area contributed by atoms with E-state index in [4.69, 9.17) is 71.3 Å². The van der Waals surface area contributed by atoms with Gasteiger partial charge in [-0.3, -0.25) is 14.4 Å². The number of nitrogens with two attached hydrogens (primary N) is 1. The zero-order valence-corrected chi connectivity index (χ0v) is 104. The Morgan fingerprint density at radius 3 is 1.35 bits per heavy atom. The van der Waals surface area contributed by atoms with Crippen LogP contribution in [-0.2, 0) is 86.7 Å². The number of ether oxygens (including phenoxy) is 7. The van der Waals surface area contributed by atoms with Crippen molar-refractivity contribution in [3.8, 4) is 11.5 Å². The van der Waals surface area contributed by atoms with Gasteiger partial charge in [0, 0.05) is 159 Å². The molecule has 3 radical (unpaired) electrons. The number of hydrogen-bond donors (Lipinski definition) is 6. The van der Waals surface area contributed by atoms with E-state index in [0.717, 1.165) is 105 Å². The Morgan fingerprint density at radius 1 is 0.576 bits per heavy atom. The molecule has 0 amide bonds. The Labute approximate surface area is 1030 Å². The summed E-state index contributed by atoms with van der Waals surface area (Å²) in [6.07, 6.45) is 13.6. The average Bonchev–Trinajstić information content (AvgIpc) is 1.65. The molecule has 2 aliphatic rings. The molecule has 8 aromatic carbocycles. The van der Waals surface area contributed by atoms with Crippen molar-refractivity contribution in [2.24, 2.45) is 11.7 Å². The summed E-state index contributed by atoms with van der Waals surface area (Å²) >= 11 is 25.7. The molecule has 0 unspecified atom stereocenters. The van der Waals surface area contributed by atoms with Gasteiger partial charge in [-0.1, -0.05) is 204 Å². The van der Waals surface area contributed by atoms with Crippen LogP contribution in [0.4, 0.5) is 4.79 Å². The molecule has 144 heavy (non-hydrogen) atoms. The van der Waals surface area contributed by atoms with Gasteiger partial charge in [-0.15, -0.1) is 12.4 Å². The molecule has 767 valence electrons. The number of carbonyl (C=O) groups is 7. The number of allylic oxidation sites excluding steroid dienone is 1. The number of aromatic hydroxyl groups is 1. The molecule has 0 saturated carbocycles. The standard InChI is InChI=1S/C22H24BrNO3.C13H14BrNO2.C12H12BrNO2.C12H14BrNO.C11H9BrO2.C10H12O3.C7H10BNO2.C5H9ClO2.C5H11NO.C3H7Br.CH2O3.CH4.B.ClH.2K.Li.Na.H2O.2H/c1-4-26-22(25)13-17-7-5-6-8-21(17)27-14-16-11-19(23)18-9-10-24(15(2)3)20(18)12-16;1-8(2)15-5-4-10-11(14)6-9(7-12(10)15)13(16)17-3;1-7(2)14-4-3-9-10(13)5-8(12(15)16)6-11(9)14;1-8(2)14-4-3-10-11(13)5-9(7-15)6-12(10)14;1-14-11(13)8-5-7-3-2-4-9(7)10(12)6-8;1-2-13-10(12)7-8-5-3-4-6-9(8)11;9-5-6-2-1-3-7(4-6)8(10)11;1-4(2)3-8-5(6)7;1-6-2-4-7-5-3-6;1-3(2)4;2-1-4-3;;;;;;;;;;/h5-12,15H,4,13-14H2,1-3H3;4-8H,1-3H3;3-7H,1-2H3,(H,15,16);3-6,8,15H,7H2,1-2H3;2,4-6H,3H2,1H3;3-6,11H,2,7H2,1H3;1-4,10-11H,5,9H2;4H,3H2,1-2H3;2-5H2,1H3;3H,1-2H3;1,3H;1H4;;1H;;;;;1H2;;/q;;;;;;;;;;;;;;4*+1;;2*-1/p-2. The number of nitrogens with zero attached hydrogens (tertiary/aromatic N) is 5. The molecule has 12 aromatic rings. The van der Waals surface area contributed by atoms with Gasteiger partial charge in [-0.05, 0) is 219 Å². The second kappa shape index (κ2) is 79.7. The smallest absolute Gasteiger partial charge is 1.00 e. The van der Waals surface area contributed by atoms with Crippen molar-refractivity contribution in [3.05, 3.63) is 267 Å². The van der Waals surface area contributed by atoms with Crippen LogP contribution in [0.2, 0.25) is 0 Å². The molecule has 0 atom stereocenters. The number of rotatable bonds is 22. The van der Waals surface area contributed by atoms with E-state index in [9.17, 15) is 33.9 Å². The molecule has 1 aliphatic heterocycles. The normalized spacial score (nSPS) is 10.9. The number of carbonyl (C=O) groups excluding carboxylic acids is 6. The van der Waals surface area contributed by atoms with Crippen LogP contribution in [-0.4, -0.2) is 184 Å². The number of aromatic carboxylic acids is 1. The van der Waals surface area contributed by atoms with Crippen molar-refractivity contribution in [2.75, 3.05) is 67.4 Å². The van der Waals surface area contributed by atoms with Gasteiger partial charge in [0.05, 0.1) is 94.4 Å². The number of methoxy groups -OCH3 is 2. The zero-order valence-electron chi connectivity index (χ0n) is 86.9. The number of aromatic nitrogens is 4. The van der Waals surface area contributed by atoms with E-state index in [1.807, 2.05) is 93.0 Å². The number of hydrogen-bond acceptors (Lipinski definition) is 23. The fraction of sp³-hybridized carbons (Fsp3) is 0.363. The third kappa shape index (κ3) is 51.9. The average molecular weight is 2470 g/mol. The van der Waals surface area contributed by atoms with Gasteiger partial charge in [-0.25, -0.2) is 19.2 Å². The number of aliphatic hydroxyl groups is 1. The molecule has 5 heterocycles. The van der Waals surface area contributed by atoms with Crippen molar-refractivity contribution < 1.29 is 262 Å². The quantitative estimate of drug-likeness (QED) is 0.00536. The van der Waals surface area contributed by atoms with E-state index in [1.165, 1.54) is 41.6 Å². The van der Waals surface area contributed by atoms with Gasteiger partial charge in [0.25, 0.3) is 6.47 Å². The fourth-order valence-electron chi connectivity index (χ4n) is 13.0. The Balaban J connectivity index is -0.000000298. The molecular weight excluding hydrogens is 2340 g/mol. The molecule has 8 N–H and O–H groups in total. The largest absolute Gasteiger partial charge is 1.00 e. The molecule has 1 aliphatic carbocycles. The van der Waals surface area contributed by atoms with Crippen molar-refractivity contribution in [3.63, 3.8) is 0 Å². The van der Waals surface area contributed by atoms with E-state index < -0.39 is 18.5 Å². The summed E-state index contributed by atoms with van der Waals surface area (Å²) in [6, 6.07) is 49.9. The second-order valence-corrected chi connectivity index (χ2v) is 38.4.